The molecule has 4 aromatic rings. The van der Waals surface area contributed by atoms with E-state index < -0.39 is 17.9 Å². The fraction of sp³-hybridized carbons (Fsp3) is 0.179. The van der Waals surface area contributed by atoms with E-state index in [4.69, 9.17) is 4.52 Å². The second kappa shape index (κ2) is 9.89. The van der Waals surface area contributed by atoms with Crippen molar-refractivity contribution < 1.29 is 28.4 Å². The molecule has 3 heterocycles. The van der Waals surface area contributed by atoms with E-state index in [0.717, 1.165) is 5.56 Å². The Kier molecular flexibility index (Phi) is 6.46. The highest BCUT2D eigenvalue weighted by atomic mass is 19.1. The van der Waals surface area contributed by atoms with Crippen LogP contribution in [0.2, 0.25) is 0 Å². The minimum absolute atomic E-state index is 0.0175. The first-order chi connectivity index (χ1) is 18.2. The number of anilines is 1. The lowest BCUT2D eigenvalue weighted by Gasteiger charge is -2.27. The van der Waals surface area contributed by atoms with Crippen LogP contribution in [0.15, 0.2) is 71.4 Å². The summed E-state index contributed by atoms with van der Waals surface area (Å²) in [7, 11) is 0. The monoisotopic (exact) mass is 514 g/mol. The number of pyridine rings is 1. The Bertz CT molecular complexity index is 1530. The van der Waals surface area contributed by atoms with Crippen molar-refractivity contribution in [3.8, 4) is 22.5 Å². The first kappa shape index (κ1) is 24.8. The summed E-state index contributed by atoms with van der Waals surface area (Å²) < 4.78 is 18.3. The molecule has 0 aliphatic carbocycles. The van der Waals surface area contributed by atoms with Crippen LogP contribution < -0.4 is 5.32 Å². The van der Waals surface area contributed by atoms with Crippen molar-refractivity contribution in [3.05, 3.63) is 89.6 Å². The van der Waals surface area contributed by atoms with Gasteiger partial charge in [-0.3, -0.25) is 14.6 Å². The number of aliphatic carboxylic acids is 1. The number of nitrogens with zero attached hydrogens (tertiary/aromatic N) is 3. The molecule has 0 saturated carbocycles. The van der Waals surface area contributed by atoms with Gasteiger partial charge in [-0.15, -0.1) is 0 Å². The molecule has 5 rings (SSSR count). The molecule has 0 spiro atoms. The summed E-state index contributed by atoms with van der Waals surface area (Å²) in [5.74, 6) is -2.51. The third-order valence-electron chi connectivity index (χ3n) is 6.35. The van der Waals surface area contributed by atoms with E-state index in [1.165, 1.54) is 41.4 Å². The maximum absolute atomic E-state index is 13.1. The number of rotatable bonds is 7. The van der Waals surface area contributed by atoms with Gasteiger partial charge >= 0.3 is 5.97 Å². The van der Waals surface area contributed by atoms with Gasteiger partial charge in [0.2, 0.25) is 5.76 Å². The Morgan fingerprint density at radius 1 is 1.03 bits per heavy atom. The molecule has 10 heteroatoms. The third-order valence-corrected chi connectivity index (χ3v) is 6.35. The molecule has 0 radical (unpaired) electrons. The smallest absolute Gasteiger partial charge is 0.326 e. The second-order valence-electron chi connectivity index (χ2n) is 9.30. The number of carbonyl (C=O) groups is 3. The van der Waals surface area contributed by atoms with Crippen molar-refractivity contribution in [1.29, 1.82) is 0 Å². The molecule has 192 valence electrons. The van der Waals surface area contributed by atoms with Crippen LogP contribution in [0.5, 0.6) is 0 Å². The molecule has 1 aliphatic heterocycles. The maximum Gasteiger partial charge on any atom is 0.326 e. The van der Waals surface area contributed by atoms with Crippen LogP contribution in [0.25, 0.3) is 22.5 Å². The Labute approximate surface area is 216 Å². The average Bonchev–Trinajstić information content (AvgIpc) is 3.50. The van der Waals surface area contributed by atoms with E-state index in [-0.39, 0.29) is 29.9 Å². The van der Waals surface area contributed by atoms with Gasteiger partial charge in [0.15, 0.2) is 0 Å². The fourth-order valence-electron chi connectivity index (χ4n) is 4.46. The Hall–Kier alpha value is -4.86. The zero-order chi connectivity index (χ0) is 27.0. The number of hydrogen-bond donors (Lipinski definition) is 2. The number of halogens is 1. The van der Waals surface area contributed by atoms with Gasteiger partial charge in [-0.1, -0.05) is 31.1 Å². The highest BCUT2D eigenvalue weighted by Gasteiger charge is 2.38. The lowest BCUT2D eigenvalue weighted by atomic mass is 10.0. The van der Waals surface area contributed by atoms with Gasteiger partial charge in [0.05, 0.1) is 17.6 Å². The molecule has 0 saturated heterocycles. The maximum atomic E-state index is 13.1. The van der Waals surface area contributed by atoms with Crippen LogP contribution in [-0.4, -0.2) is 44.0 Å². The van der Waals surface area contributed by atoms with Gasteiger partial charge in [0.1, 0.15) is 17.6 Å². The van der Waals surface area contributed by atoms with Crippen LogP contribution in [0.4, 0.5) is 10.1 Å². The molecule has 1 unspecified atom stereocenters. The van der Waals surface area contributed by atoms with E-state index in [1.54, 1.807) is 32.0 Å². The summed E-state index contributed by atoms with van der Waals surface area (Å²) in [5.41, 5.74) is 3.91. The van der Waals surface area contributed by atoms with Crippen molar-refractivity contribution in [1.82, 2.24) is 15.0 Å². The summed E-state index contributed by atoms with van der Waals surface area (Å²) in [6.07, 6.45) is 1.48. The normalized spacial score (nSPS) is 13.5. The number of benzene rings is 2. The Balaban J connectivity index is 1.29. The largest absolute Gasteiger partial charge is 0.480 e. The quantitative estimate of drug-likeness (QED) is 0.361. The van der Waals surface area contributed by atoms with E-state index in [2.05, 4.69) is 15.5 Å². The minimum atomic E-state index is -1.03. The molecule has 0 bridgehead atoms. The molecule has 1 aliphatic rings. The lowest BCUT2D eigenvalue weighted by Crippen LogP contribution is -2.44. The molecule has 2 N–H and O–H groups in total. The topological polar surface area (TPSA) is 126 Å². The lowest BCUT2D eigenvalue weighted by molar-refractivity contribution is -0.144. The van der Waals surface area contributed by atoms with Gasteiger partial charge in [0, 0.05) is 29.3 Å². The van der Waals surface area contributed by atoms with Crippen LogP contribution in [0.3, 0.4) is 0 Å². The number of nitrogens with one attached hydrogen (secondary N) is 1. The van der Waals surface area contributed by atoms with Gasteiger partial charge < -0.3 is 19.8 Å². The zero-order valence-corrected chi connectivity index (χ0v) is 20.5. The summed E-state index contributed by atoms with van der Waals surface area (Å²) in [5, 5.41) is 16.2. The fourth-order valence-corrected chi connectivity index (χ4v) is 4.46. The molecular formula is C28H23FN4O5. The molecule has 2 amide bonds. The van der Waals surface area contributed by atoms with Crippen molar-refractivity contribution in [2.45, 2.75) is 26.4 Å². The number of carbonyl (C=O) groups excluding carboxylic acids is 2. The van der Waals surface area contributed by atoms with Gasteiger partial charge in [-0.2, -0.15) is 0 Å². The van der Waals surface area contributed by atoms with Gasteiger partial charge in [-0.05, 0) is 53.9 Å². The summed E-state index contributed by atoms with van der Waals surface area (Å²) >= 11 is 0. The van der Waals surface area contributed by atoms with Crippen molar-refractivity contribution in [3.63, 3.8) is 0 Å². The molecule has 38 heavy (non-hydrogen) atoms. The first-order valence-corrected chi connectivity index (χ1v) is 11.9. The van der Waals surface area contributed by atoms with Crippen LogP contribution >= 0.6 is 0 Å². The minimum Gasteiger partial charge on any atom is -0.480 e. The van der Waals surface area contributed by atoms with Gasteiger partial charge in [0.25, 0.3) is 11.8 Å². The predicted octanol–water partition coefficient (Wildman–Crippen LogP) is 4.86. The second-order valence-corrected chi connectivity index (χ2v) is 9.30. The Morgan fingerprint density at radius 2 is 1.76 bits per heavy atom. The summed E-state index contributed by atoms with van der Waals surface area (Å²) in [6.45, 7) is 3.79. The molecule has 0 fully saturated rings. The van der Waals surface area contributed by atoms with Crippen molar-refractivity contribution >= 4 is 23.5 Å². The molecule has 1 atom stereocenters. The molecule has 2 aromatic heterocycles. The standard InChI is InChI=1S/C28H23FN4O5/c1-15(2)25(28(36)37)33-14-18-4-3-17(11-21(18)27(33)35)22-10-9-20(13-30-22)31-26(34)24-12-23(32-38-24)16-5-7-19(29)8-6-16/h3-13,15,25H,14H2,1-2H3,(H,31,34)(H,36,37). The van der Waals surface area contributed by atoms with Gasteiger partial charge in [-0.25, -0.2) is 9.18 Å². The number of carboxylic acid groups (broad SMARTS) is 1. The number of hydrogen-bond acceptors (Lipinski definition) is 6. The van der Waals surface area contributed by atoms with E-state index in [1.807, 2.05) is 12.1 Å². The average molecular weight is 515 g/mol. The zero-order valence-electron chi connectivity index (χ0n) is 20.5. The highest BCUT2D eigenvalue weighted by molar-refractivity contribution is 6.03. The number of aromatic nitrogens is 2. The van der Waals surface area contributed by atoms with Crippen LogP contribution in [-0.2, 0) is 11.3 Å². The van der Waals surface area contributed by atoms with E-state index in [0.29, 0.717) is 33.8 Å². The predicted molar refractivity (Wildman–Crippen MR) is 136 cm³/mol. The van der Waals surface area contributed by atoms with E-state index in [9.17, 15) is 23.9 Å². The first-order valence-electron chi connectivity index (χ1n) is 11.9. The summed E-state index contributed by atoms with van der Waals surface area (Å²) in [6, 6.07) is 14.9. The van der Waals surface area contributed by atoms with Crippen molar-refractivity contribution in [2.75, 3.05) is 5.32 Å². The van der Waals surface area contributed by atoms with E-state index >= 15 is 0 Å². The third kappa shape index (κ3) is 4.75. The number of carboxylic acids is 1. The summed E-state index contributed by atoms with van der Waals surface area (Å²) in [4.78, 5) is 43.1. The molecular weight excluding hydrogens is 491 g/mol. The van der Waals surface area contributed by atoms with Crippen LogP contribution in [0.1, 0.15) is 40.3 Å². The van der Waals surface area contributed by atoms with Crippen LogP contribution in [0, 0.1) is 11.7 Å². The molecule has 9 nitrogen and oxygen atoms in total. The number of amides is 2. The Morgan fingerprint density at radius 3 is 2.42 bits per heavy atom. The SMILES string of the molecule is CC(C)C(C(=O)O)N1Cc2ccc(-c3ccc(NC(=O)c4cc(-c5ccc(F)cc5)no4)cn3)cc2C1=O. The number of fused-ring (bicyclic) bond motifs is 1. The van der Waals surface area contributed by atoms with Crippen molar-refractivity contribution in [2.24, 2.45) is 5.92 Å². The highest BCUT2D eigenvalue weighted by Crippen LogP contribution is 2.31. The molecule has 2 aromatic carbocycles.